The lowest BCUT2D eigenvalue weighted by molar-refractivity contribution is -0.143. The highest BCUT2D eigenvalue weighted by molar-refractivity contribution is 6.23. The molecule has 0 spiro atoms. The lowest BCUT2D eigenvalue weighted by Gasteiger charge is -2.52. The molecular formula is C42H39N9O6. The second-order valence-corrected chi connectivity index (χ2v) is 15.7. The summed E-state index contributed by atoms with van der Waals surface area (Å²) >= 11 is 0. The van der Waals surface area contributed by atoms with Crippen LogP contribution >= 0.6 is 0 Å². The third-order valence-electron chi connectivity index (χ3n) is 12.3. The van der Waals surface area contributed by atoms with E-state index in [9.17, 15) is 24.0 Å². The number of amides is 5. The number of nitrogens with zero attached hydrogens (tertiary/aromatic N) is 7. The highest BCUT2D eigenvalue weighted by Crippen LogP contribution is 2.42. The standard InChI is InChI=1S/C42H39N9O6/c43-37-35-36(23-7-11-30(12-8-23)57-29-4-2-1-3-5-29)47-51(38(35)45-22-44-37)28-9-6-24(16-28)40(54)49-20-26(21-49)25-18-48(19-25)27-10-13-31-32(17-27)42(56)50(41(31)55)33-14-15-34(52)46-39(33)53/h1-5,7-8,10-13,17,22,24-26,28,33H,6,9,14-16,18-21H2,(H2,43,44,45)(H,46,52,53). The third-order valence-corrected chi connectivity index (χ3v) is 12.3. The Labute approximate surface area is 326 Å². The van der Waals surface area contributed by atoms with Gasteiger partial charge in [0.15, 0.2) is 5.65 Å². The Morgan fingerprint density at radius 1 is 0.807 bits per heavy atom. The van der Waals surface area contributed by atoms with Crippen molar-refractivity contribution in [3.05, 3.63) is 90.3 Å². The van der Waals surface area contributed by atoms with Gasteiger partial charge < -0.3 is 20.3 Å². The van der Waals surface area contributed by atoms with Crippen LogP contribution in [0.25, 0.3) is 22.3 Å². The number of ether oxygens (including phenoxy) is 1. The Morgan fingerprint density at radius 3 is 2.32 bits per heavy atom. The molecule has 10 rings (SSSR count). The molecule has 5 aromatic rings. The van der Waals surface area contributed by atoms with Gasteiger partial charge in [-0.3, -0.25) is 34.2 Å². The molecule has 3 atom stereocenters. The first-order valence-corrected chi connectivity index (χ1v) is 19.4. The van der Waals surface area contributed by atoms with E-state index < -0.39 is 29.7 Å². The SMILES string of the molecule is Nc1ncnc2c1c(-c1ccc(Oc3ccccc3)cc1)nn2C1CCC(C(=O)N2CC(C3CN(c4ccc5c(c4)C(=O)N(C4CCC(=O)NC4=O)C5=O)C3)C2)C1. The molecule has 4 fully saturated rings. The molecule has 3 unspecified atom stereocenters. The van der Waals surface area contributed by atoms with E-state index in [4.69, 9.17) is 15.6 Å². The summed E-state index contributed by atoms with van der Waals surface area (Å²) in [5.74, 6) is 0.653. The Kier molecular flexibility index (Phi) is 8.27. The van der Waals surface area contributed by atoms with Crippen molar-refractivity contribution in [3.63, 3.8) is 0 Å². The molecule has 15 nitrogen and oxygen atoms in total. The maximum Gasteiger partial charge on any atom is 0.262 e. The Morgan fingerprint density at radius 2 is 1.54 bits per heavy atom. The van der Waals surface area contributed by atoms with Gasteiger partial charge in [-0.1, -0.05) is 18.2 Å². The monoisotopic (exact) mass is 765 g/mol. The van der Waals surface area contributed by atoms with Crippen LogP contribution in [0.2, 0.25) is 0 Å². The zero-order valence-electron chi connectivity index (χ0n) is 30.9. The minimum Gasteiger partial charge on any atom is -0.457 e. The molecule has 5 amide bonds. The van der Waals surface area contributed by atoms with Crippen LogP contribution in [0.1, 0.15) is 58.9 Å². The number of carbonyl (C=O) groups excluding carboxylic acids is 5. The van der Waals surface area contributed by atoms with Gasteiger partial charge in [0, 0.05) is 61.6 Å². The molecule has 15 heteroatoms. The highest BCUT2D eigenvalue weighted by Gasteiger charge is 2.47. The molecular weight excluding hydrogens is 727 g/mol. The van der Waals surface area contributed by atoms with E-state index in [0.717, 1.165) is 60.9 Å². The summed E-state index contributed by atoms with van der Waals surface area (Å²) < 4.78 is 7.91. The van der Waals surface area contributed by atoms with Gasteiger partial charge in [0.2, 0.25) is 17.7 Å². The van der Waals surface area contributed by atoms with E-state index in [1.165, 1.54) is 6.33 Å². The molecule has 5 aliphatic rings. The van der Waals surface area contributed by atoms with Crippen molar-refractivity contribution in [1.29, 1.82) is 0 Å². The number of anilines is 2. The van der Waals surface area contributed by atoms with Crippen molar-refractivity contribution in [2.24, 2.45) is 17.8 Å². The fraction of sp³-hybridized carbons (Fsp3) is 0.333. The normalized spacial score (nSPS) is 22.5. The predicted octanol–water partition coefficient (Wildman–Crippen LogP) is 4.21. The molecule has 0 bridgehead atoms. The van der Waals surface area contributed by atoms with E-state index in [-0.39, 0.29) is 41.8 Å². The molecule has 2 aromatic heterocycles. The van der Waals surface area contributed by atoms with Gasteiger partial charge in [-0.2, -0.15) is 5.10 Å². The fourth-order valence-corrected chi connectivity index (χ4v) is 9.09. The quantitative estimate of drug-likeness (QED) is 0.216. The van der Waals surface area contributed by atoms with Gasteiger partial charge in [-0.25, -0.2) is 14.6 Å². The van der Waals surface area contributed by atoms with Crippen LogP contribution in [0, 0.1) is 17.8 Å². The van der Waals surface area contributed by atoms with Crippen LogP contribution in [0.4, 0.5) is 11.5 Å². The molecule has 4 aliphatic heterocycles. The largest absolute Gasteiger partial charge is 0.457 e. The van der Waals surface area contributed by atoms with Crippen LogP contribution in [0.15, 0.2) is 79.1 Å². The number of carbonyl (C=O) groups is 5. The maximum atomic E-state index is 13.7. The third kappa shape index (κ3) is 5.95. The number of nitrogen functional groups attached to an aromatic ring is 1. The molecule has 1 aliphatic carbocycles. The summed E-state index contributed by atoms with van der Waals surface area (Å²) in [7, 11) is 0. The summed E-state index contributed by atoms with van der Waals surface area (Å²) in [4.78, 5) is 78.2. The van der Waals surface area contributed by atoms with Gasteiger partial charge in [-0.15, -0.1) is 0 Å². The van der Waals surface area contributed by atoms with Crippen molar-refractivity contribution in [2.75, 3.05) is 36.8 Å². The van der Waals surface area contributed by atoms with Gasteiger partial charge in [0.05, 0.1) is 22.6 Å². The first kappa shape index (κ1) is 34.8. The molecule has 288 valence electrons. The minimum absolute atomic E-state index is 0.00644. The van der Waals surface area contributed by atoms with E-state index in [2.05, 4.69) is 20.2 Å². The summed E-state index contributed by atoms with van der Waals surface area (Å²) in [6.45, 7) is 3.02. The number of fused-ring (bicyclic) bond motifs is 2. The number of imide groups is 2. The van der Waals surface area contributed by atoms with Crippen LogP contribution in [-0.2, 0) is 14.4 Å². The number of rotatable bonds is 8. The first-order valence-electron chi connectivity index (χ1n) is 19.4. The van der Waals surface area contributed by atoms with E-state index in [0.29, 0.717) is 46.6 Å². The van der Waals surface area contributed by atoms with Crippen molar-refractivity contribution in [1.82, 2.24) is 34.9 Å². The number of nitrogens with one attached hydrogen (secondary N) is 1. The van der Waals surface area contributed by atoms with Crippen LogP contribution in [-0.4, -0.2) is 91.3 Å². The number of piperidine rings is 1. The fourth-order valence-electron chi connectivity index (χ4n) is 9.09. The summed E-state index contributed by atoms with van der Waals surface area (Å²) in [5.41, 5.74) is 10.0. The highest BCUT2D eigenvalue weighted by atomic mass is 16.5. The average molecular weight is 766 g/mol. The van der Waals surface area contributed by atoms with Gasteiger partial charge in [0.25, 0.3) is 11.8 Å². The molecule has 3 N–H and O–H groups in total. The number of hydrogen-bond acceptors (Lipinski definition) is 11. The zero-order chi connectivity index (χ0) is 38.9. The Bertz CT molecular complexity index is 2470. The average Bonchev–Trinajstić information content (AvgIpc) is 3.88. The molecule has 1 saturated carbocycles. The number of likely N-dealkylation sites (tertiary alicyclic amines) is 1. The zero-order valence-corrected chi connectivity index (χ0v) is 30.9. The smallest absolute Gasteiger partial charge is 0.262 e. The topological polar surface area (TPSA) is 186 Å². The summed E-state index contributed by atoms with van der Waals surface area (Å²) in [6.07, 6.45) is 3.89. The van der Waals surface area contributed by atoms with Gasteiger partial charge in [-0.05, 0) is 80.3 Å². The molecule has 3 aromatic carbocycles. The van der Waals surface area contributed by atoms with Gasteiger partial charge >= 0.3 is 0 Å². The maximum absolute atomic E-state index is 13.7. The molecule has 0 radical (unpaired) electrons. The number of para-hydroxylation sites is 1. The Balaban J connectivity index is 0.752. The van der Waals surface area contributed by atoms with Crippen molar-refractivity contribution >= 4 is 52.1 Å². The number of aromatic nitrogens is 4. The lowest BCUT2D eigenvalue weighted by atomic mass is 9.79. The molecule has 6 heterocycles. The second kappa shape index (κ2) is 13.5. The number of benzene rings is 3. The number of nitrogens with two attached hydrogens (primary N) is 1. The predicted molar refractivity (Wildman–Crippen MR) is 207 cm³/mol. The number of hydrogen-bond donors (Lipinski definition) is 2. The van der Waals surface area contributed by atoms with E-state index in [1.807, 2.05) is 70.2 Å². The summed E-state index contributed by atoms with van der Waals surface area (Å²) in [6, 6.07) is 21.5. The minimum atomic E-state index is -0.991. The molecule has 3 saturated heterocycles. The van der Waals surface area contributed by atoms with Crippen molar-refractivity contribution < 1.29 is 28.7 Å². The van der Waals surface area contributed by atoms with Gasteiger partial charge in [0.1, 0.15) is 35.4 Å². The van der Waals surface area contributed by atoms with E-state index >= 15 is 0 Å². The molecule has 57 heavy (non-hydrogen) atoms. The summed E-state index contributed by atoms with van der Waals surface area (Å²) in [5, 5.41) is 7.96. The van der Waals surface area contributed by atoms with E-state index in [1.54, 1.807) is 12.1 Å². The van der Waals surface area contributed by atoms with Crippen molar-refractivity contribution in [3.8, 4) is 22.8 Å². The van der Waals surface area contributed by atoms with Crippen molar-refractivity contribution in [2.45, 2.75) is 44.2 Å². The van der Waals surface area contributed by atoms with Crippen LogP contribution in [0.3, 0.4) is 0 Å². The first-order chi connectivity index (χ1) is 27.7. The van der Waals surface area contributed by atoms with Crippen LogP contribution in [0.5, 0.6) is 11.5 Å². The Hall–Kier alpha value is -6.64. The lowest BCUT2D eigenvalue weighted by Crippen LogP contribution is -2.61. The second-order valence-electron chi connectivity index (χ2n) is 15.7. The van der Waals surface area contributed by atoms with Crippen LogP contribution < -0.4 is 20.7 Å².